The fourth-order valence-corrected chi connectivity index (χ4v) is 1.79. The predicted octanol–water partition coefficient (Wildman–Crippen LogP) is 3.08. The van der Waals surface area contributed by atoms with Gasteiger partial charge in [-0.25, -0.2) is 0 Å². The van der Waals surface area contributed by atoms with Crippen LogP contribution in [0.1, 0.15) is 11.3 Å². The zero-order valence-corrected chi connectivity index (χ0v) is 10.2. The van der Waals surface area contributed by atoms with E-state index in [4.69, 9.17) is 14.9 Å². The largest absolute Gasteiger partial charge is 0.488 e. The van der Waals surface area contributed by atoms with Crippen LogP contribution in [0.2, 0.25) is 0 Å². The third-order valence-electron chi connectivity index (χ3n) is 2.24. The molecule has 0 fully saturated rings. The van der Waals surface area contributed by atoms with Gasteiger partial charge in [-0.15, -0.1) is 0 Å². The van der Waals surface area contributed by atoms with Crippen molar-refractivity contribution in [2.45, 2.75) is 13.2 Å². The molecule has 1 aromatic carbocycles. The summed E-state index contributed by atoms with van der Waals surface area (Å²) in [6.45, 7) is 0.854. The lowest BCUT2D eigenvalue weighted by molar-refractivity contribution is 0.300. The van der Waals surface area contributed by atoms with Gasteiger partial charge in [0, 0.05) is 5.56 Å². The number of benzene rings is 1. The van der Waals surface area contributed by atoms with Gasteiger partial charge in [-0.2, -0.15) is 0 Å². The lowest BCUT2D eigenvalue weighted by Crippen LogP contribution is -2.02. The van der Waals surface area contributed by atoms with Crippen LogP contribution in [0.5, 0.6) is 5.75 Å². The van der Waals surface area contributed by atoms with Gasteiger partial charge >= 0.3 is 0 Å². The van der Waals surface area contributed by atoms with Gasteiger partial charge in [0.1, 0.15) is 18.1 Å². The molecule has 0 bridgehead atoms. The summed E-state index contributed by atoms with van der Waals surface area (Å²) in [7, 11) is 0. The number of rotatable bonds is 4. The Kier molecular flexibility index (Phi) is 3.64. The first-order valence-electron chi connectivity index (χ1n) is 4.94. The smallest absolute Gasteiger partial charge is 0.133 e. The Morgan fingerprint density at radius 3 is 2.81 bits per heavy atom. The molecular weight excluding hydrogens is 270 g/mol. The average Bonchev–Trinajstić information content (AvgIpc) is 2.75. The van der Waals surface area contributed by atoms with E-state index in [2.05, 4.69) is 15.9 Å². The van der Waals surface area contributed by atoms with Crippen molar-refractivity contribution in [1.29, 1.82) is 0 Å². The summed E-state index contributed by atoms with van der Waals surface area (Å²) in [5.74, 6) is 1.58. The molecule has 0 saturated carbocycles. The fourth-order valence-electron chi connectivity index (χ4n) is 1.39. The molecule has 0 aliphatic carbocycles. The zero-order valence-electron chi connectivity index (χ0n) is 8.65. The van der Waals surface area contributed by atoms with Gasteiger partial charge in [-0.05, 0) is 34.1 Å². The van der Waals surface area contributed by atoms with Gasteiger partial charge in [0.15, 0.2) is 0 Å². The zero-order chi connectivity index (χ0) is 11.4. The minimum atomic E-state index is 0.391. The van der Waals surface area contributed by atoms with Crippen molar-refractivity contribution in [3.05, 3.63) is 52.4 Å². The highest BCUT2D eigenvalue weighted by atomic mass is 79.9. The normalized spacial score (nSPS) is 10.4. The van der Waals surface area contributed by atoms with Gasteiger partial charge < -0.3 is 14.9 Å². The topological polar surface area (TPSA) is 48.4 Å². The minimum Gasteiger partial charge on any atom is -0.488 e. The van der Waals surface area contributed by atoms with Crippen LogP contribution in [0, 0.1) is 0 Å². The number of hydrogen-bond donors (Lipinski definition) is 1. The van der Waals surface area contributed by atoms with Gasteiger partial charge in [-0.1, -0.05) is 12.1 Å². The van der Waals surface area contributed by atoms with Crippen molar-refractivity contribution in [3.8, 4) is 5.75 Å². The van der Waals surface area contributed by atoms with Crippen molar-refractivity contribution < 1.29 is 9.15 Å². The Balaban J connectivity index is 2.05. The summed E-state index contributed by atoms with van der Waals surface area (Å²) in [5, 5.41) is 0. The lowest BCUT2D eigenvalue weighted by Gasteiger charge is -2.07. The average molecular weight is 282 g/mol. The Bertz CT molecular complexity index is 468. The summed E-state index contributed by atoms with van der Waals surface area (Å²) >= 11 is 3.42. The number of halogens is 1. The highest BCUT2D eigenvalue weighted by molar-refractivity contribution is 9.10. The van der Waals surface area contributed by atoms with Crippen LogP contribution in [0.3, 0.4) is 0 Å². The number of furan rings is 1. The van der Waals surface area contributed by atoms with Crippen molar-refractivity contribution in [3.63, 3.8) is 0 Å². The molecule has 3 nitrogen and oxygen atoms in total. The van der Waals surface area contributed by atoms with E-state index in [1.54, 1.807) is 6.26 Å². The number of para-hydroxylation sites is 1. The van der Waals surface area contributed by atoms with Crippen LogP contribution < -0.4 is 10.5 Å². The van der Waals surface area contributed by atoms with Crippen molar-refractivity contribution in [1.82, 2.24) is 0 Å². The Labute approximate surface area is 102 Å². The first kappa shape index (κ1) is 11.2. The van der Waals surface area contributed by atoms with E-state index in [0.29, 0.717) is 13.2 Å². The van der Waals surface area contributed by atoms with Gasteiger partial charge in [-0.3, -0.25) is 0 Å². The maximum absolute atomic E-state index is 5.66. The number of hydrogen-bond acceptors (Lipinski definition) is 3. The molecule has 0 unspecified atom stereocenters. The molecule has 1 aromatic heterocycles. The first-order valence-corrected chi connectivity index (χ1v) is 5.73. The van der Waals surface area contributed by atoms with Crippen LogP contribution in [0.15, 0.2) is 45.5 Å². The highest BCUT2D eigenvalue weighted by Crippen LogP contribution is 2.25. The molecule has 0 spiro atoms. The van der Waals surface area contributed by atoms with Crippen LogP contribution in [0.25, 0.3) is 0 Å². The highest BCUT2D eigenvalue weighted by Gasteiger charge is 2.06. The maximum atomic E-state index is 5.66. The molecule has 4 heteroatoms. The van der Waals surface area contributed by atoms with Crippen LogP contribution in [-0.2, 0) is 13.2 Å². The van der Waals surface area contributed by atoms with E-state index in [0.717, 1.165) is 21.5 Å². The third-order valence-corrected chi connectivity index (χ3v) is 2.90. The van der Waals surface area contributed by atoms with Gasteiger partial charge in [0.2, 0.25) is 0 Å². The molecule has 0 amide bonds. The number of nitrogens with two attached hydrogens (primary N) is 1. The second-order valence-corrected chi connectivity index (χ2v) is 4.15. The Hall–Kier alpha value is -1.26. The summed E-state index contributed by atoms with van der Waals surface area (Å²) < 4.78 is 11.8. The van der Waals surface area contributed by atoms with E-state index in [1.807, 2.05) is 30.3 Å². The molecular formula is C12H12BrNO2. The predicted molar refractivity (Wildman–Crippen MR) is 65.1 cm³/mol. The summed E-state index contributed by atoms with van der Waals surface area (Å²) in [5.41, 5.74) is 6.52. The first-order chi connectivity index (χ1) is 7.81. The lowest BCUT2D eigenvalue weighted by atomic mass is 10.2. The molecule has 2 N–H and O–H groups in total. The quantitative estimate of drug-likeness (QED) is 0.937. The van der Waals surface area contributed by atoms with Crippen LogP contribution >= 0.6 is 15.9 Å². The Morgan fingerprint density at radius 1 is 1.25 bits per heavy atom. The van der Waals surface area contributed by atoms with E-state index in [1.165, 1.54) is 0 Å². The summed E-state index contributed by atoms with van der Waals surface area (Å²) in [6, 6.07) is 9.60. The van der Waals surface area contributed by atoms with Gasteiger partial charge in [0.05, 0.1) is 17.3 Å². The minimum absolute atomic E-state index is 0.391. The maximum Gasteiger partial charge on any atom is 0.133 e. The Morgan fingerprint density at radius 2 is 2.06 bits per heavy atom. The standard InChI is InChI=1S/C12H12BrNO2/c13-10-3-1-2-4-11(10)16-8-9-5-6-15-12(9)7-14/h1-6H,7-8,14H2. The molecule has 0 saturated heterocycles. The SMILES string of the molecule is NCc1occc1COc1ccccc1Br. The second-order valence-electron chi connectivity index (χ2n) is 3.29. The van der Waals surface area contributed by atoms with Gasteiger partial charge in [0.25, 0.3) is 0 Å². The second kappa shape index (κ2) is 5.18. The van der Waals surface area contributed by atoms with Crippen LogP contribution in [-0.4, -0.2) is 0 Å². The van der Waals surface area contributed by atoms with Crippen molar-refractivity contribution in [2.75, 3.05) is 0 Å². The molecule has 0 radical (unpaired) electrons. The monoisotopic (exact) mass is 281 g/mol. The van der Waals surface area contributed by atoms with E-state index in [-0.39, 0.29) is 0 Å². The molecule has 84 valence electrons. The van der Waals surface area contributed by atoms with E-state index < -0.39 is 0 Å². The van der Waals surface area contributed by atoms with Crippen LogP contribution in [0.4, 0.5) is 0 Å². The molecule has 0 aliphatic rings. The molecule has 0 aliphatic heterocycles. The van der Waals surface area contributed by atoms with Crippen molar-refractivity contribution >= 4 is 15.9 Å². The molecule has 16 heavy (non-hydrogen) atoms. The van der Waals surface area contributed by atoms with E-state index >= 15 is 0 Å². The molecule has 2 aromatic rings. The summed E-state index contributed by atoms with van der Waals surface area (Å²) in [6.07, 6.45) is 1.63. The summed E-state index contributed by atoms with van der Waals surface area (Å²) in [4.78, 5) is 0. The molecule has 0 atom stereocenters. The number of ether oxygens (including phenoxy) is 1. The molecule has 2 rings (SSSR count). The molecule has 1 heterocycles. The third kappa shape index (κ3) is 2.46. The van der Waals surface area contributed by atoms with E-state index in [9.17, 15) is 0 Å². The fraction of sp³-hybridized carbons (Fsp3) is 0.167. The van der Waals surface area contributed by atoms with Crippen molar-refractivity contribution in [2.24, 2.45) is 5.73 Å².